The summed E-state index contributed by atoms with van der Waals surface area (Å²) in [5.74, 6) is 0.486. The van der Waals surface area contributed by atoms with Crippen LogP contribution in [0, 0.1) is 19.7 Å². The Kier molecular flexibility index (Phi) is 5.79. The number of nitrogens with zero attached hydrogens (tertiary/aromatic N) is 3. The topological polar surface area (TPSA) is 42.3 Å². The van der Waals surface area contributed by atoms with Gasteiger partial charge in [0, 0.05) is 23.3 Å². The molecular formula is C27H25FN4OS. The fourth-order valence-corrected chi connectivity index (χ4v) is 5.13. The lowest BCUT2D eigenvalue weighted by Gasteiger charge is -2.28. The van der Waals surface area contributed by atoms with E-state index >= 15 is 0 Å². The number of ether oxygens (including phenoxy) is 1. The minimum Gasteiger partial charge on any atom is -0.497 e. The summed E-state index contributed by atoms with van der Waals surface area (Å²) in [6.45, 7) is 4.16. The van der Waals surface area contributed by atoms with Gasteiger partial charge < -0.3 is 19.5 Å². The van der Waals surface area contributed by atoms with Crippen molar-refractivity contribution < 1.29 is 9.13 Å². The van der Waals surface area contributed by atoms with E-state index in [1.807, 2.05) is 53.4 Å². The Balaban J connectivity index is 1.67. The Hall–Kier alpha value is -3.71. The average Bonchev–Trinajstić information content (AvgIpc) is 3.35. The van der Waals surface area contributed by atoms with Crippen LogP contribution in [0.1, 0.15) is 34.7 Å². The minimum atomic E-state index is -0.317. The third-order valence-corrected chi connectivity index (χ3v) is 6.64. The number of halogens is 1. The van der Waals surface area contributed by atoms with Crippen LogP contribution in [0.15, 0.2) is 79.0 Å². The maximum Gasteiger partial charge on any atom is 0.174 e. The summed E-state index contributed by atoms with van der Waals surface area (Å²) in [7, 11) is 1.66. The Morgan fingerprint density at radius 2 is 1.74 bits per heavy atom. The lowest BCUT2D eigenvalue weighted by molar-refractivity contribution is 0.414. The van der Waals surface area contributed by atoms with Gasteiger partial charge in [0.2, 0.25) is 0 Å². The molecule has 0 unspecified atom stereocenters. The Morgan fingerprint density at radius 3 is 2.41 bits per heavy atom. The highest BCUT2D eigenvalue weighted by atomic mass is 32.1. The first kappa shape index (κ1) is 22.1. The number of nitrogens with one attached hydrogen (secondary N) is 1. The second-order valence-corrected chi connectivity index (χ2v) is 8.69. The second-order valence-electron chi connectivity index (χ2n) is 8.31. The zero-order chi connectivity index (χ0) is 23.8. The summed E-state index contributed by atoms with van der Waals surface area (Å²) in [4.78, 5) is 6.47. The van der Waals surface area contributed by atoms with Crippen LogP contribution in [0.2, 0.25) is 0 Å². The van der Waals surface area contributed by atoms with E-state index in [-0.39, 0.29) is 17.9 Å². The molecule has 2 atom stereocenters. The number of hydrogen-bond acceptors (Lipinski definition) is 3. The number of aryl methyl sites for hydroxylation is 1. The van der Waals surface area contributed by atoms with E-state index in [1.54, 1.807) is 25.4 Å². The Morgan fingerprint density at radius 1 is 1.00 bits per heavy atom. The van der Waals surface area contributed by atoms with Crippen LogP contribution >= 0.6 is 12.2 Å². The van der Waals surface area contributed by atoms with Gasteiger partial charge in [-0.05, 0) is 86.2 Å². The van der Waals surface area contributed by atoms with Crippen LogP contribution in [-0.4, -0.2) is 21.8 Å². The maximum atomic E-state index is 15.0. The first-order valence-corrected chi connectivity index (χ1v) is 11.5. The van der Waals surface area contributed by atoms with Gasteiger partial charge in [0.1, 0.15) is 11.6 Å². The van der Waals surface area contributed by atoms with Crippen LogP contribution < -0.4 is 15.0 Å². The first-order chi connectivity index (χ1) is 16.5. The molecule has 0 radical (unpaired) electrons. The molecule has 172 valence electrons. The highest BCUT2D eigenvalue weighted by Crippen LogP contribution is 2.44. The standard InChI is InChI=1S/C27H25FN4OS/c1-17-16-21(18(2)31(17)19-11-13-20(33-3)14-12-19)26-25(23-9-6-7-15-29-23)30-27(34)32(26)24-10-5-4-8-22(24)28/h4-16,25-26H,1-3H3,(H,30,34)/t25-,26-/m1/s1. The monoisotopic (exact) mass is 472 g/mol. The highest BCUT2D eigenvalue weighted by Gasteiger charge is 2.43. The molecular weight excluding hydrogens is 447 g/mol. The first-order valence-electron chi connectivity index (χ1n) is 11.1. The quantitative estimate of drug-likeness (QED) is 0.371. The lowest BCUT2D eigenvalue weighted by Crippen LogP contribution is -2.30. The molecule has 34 heavy (non-hydrogen) atoms. The van der Waals surface area contributed by atoms with Crippen molar-refractivity contribution in [2.24, 2.45) is 0 Å². The van der Waals surface area contributed by atoms with E-state index in [1.165, 1.54) is 6.07 Å². The molecule has 0 amide bonds. The Bertz CT molecular complexity index is 1340. The average molecular weight is 473 g/mol. The summed E-state index contributed by atoms with van der Waals surface area (Å²) in [6, 6.07) is 22.1. The molecule has 3 heterocycles. The van der Waals surface area contributed by atoms with Crippen LogP contribution in [0.4, 0.5) is 10.1 Å². The molecule has 4 aromatic rings. The molecule has 2 aromatic heterocycles. The van der Waals surface area contributed by atoms with Gasteiger partial charge in [0.25, 0.3) is 0 Å². The molecule has 1 N–H and O–H groups in total. The number of anilines is 1. The second kappa shape index (κ2) is 8.91. The van der Waals surface area contributed by atoms with Gasteiger partial charge in [-0.1, -0.05) is 18.2 Å². The SMILES string of the molecule is COc1ccc(-n2c(C)cc([C@@H]3[C@@H](c4ccccn4)NC(=S)N3c3ccccc3F)c2C)cc1. The molecule has 1 aliphatic rings. The van der Waals surface area contributed by atoms with Crippen molar-refractivity contribution in [3.63, 3.8) is 0 Å². The zero-order valence-electron chi connectivity index (χ0n) is 19.2. The van der Waals surface area contributed by atoms with Crippen molar-refractivity contribution in [2.45, 2.75) is 25.9 Å². The minimum absolute atomic E-state index is 0.238. The van der Waals surface area contributed by atoms with Crippen LogP contribution in [-0.2, 0) is 0 Å². The lowest BCUT2D eigenvalue weighted by atomic mass is 9.96. The number of thiocarbonyl (C=S) groups is 1. The largest absolute Gasteiger partial charge is 0.497 e. The van der Waals surface area contributed by atoms with E-state index < -0.39 is 0 Å². The fraction of sp³-hybridized carbons (Fsp3) is 0.185. The van der Waals surface area contributed by atoms with Gasteiger partial charge in [-0.3, -0.25) is 4.98 Å². The molecule has 1 aliphatic heterocycles. The van der Waals surface area contributed by atoms with Gasteiger partial charge in [0.15, 0.2) is 5.11 Å². The van der Waals surface area contributed by atoms with Crippen molar-refractivity contribution >= 4 is 23.0 Å². The number of rotatable bonds is 5. The number of aromatic nitrogens is 2. The predicted molar refractivity (Wildman–Crippen MR) is 136 cm³/mol. The number of benzene rings is 2. The van der Waals surface area contributed by atoms with Crippen molar-refractivity contribution in [3.8, 4) is 11.4 Å². The molecule has 5 rings (SSSR count). The molecule has 0 spiro atoms. The summed E-state index contributed by atoms with van der Waals surface area (Å²) < 4.78 is 22.5. The number of methoxy groups -OCH3 is 1. The fourth-order valence-electron chi connectivity index (χ4n) is 4.79. The normalized spacial score (nSPS) is 17.6. The van der Waals surface area contributed by atoms with E-state index in [9.17, 15) is 4.39 Å². The van der Waals surface area contributed by atoms with E-state index in [0.29, 0.717) is 10.8 Å². The van der Waals surface area contributed by atoms with E-state index in [2.05, 4.69) is 34.8 Å². The maximum absolute atomic E-state index is 15.0. The van der Waals surface area contributed by atoms with Crippen LogP contribution in [0.25, 0.3) is 5.69 Å². The molecule has 1 saturated heterocycles. The van der Waals surface area contributed by atoms with E-state index in [4.69, 9.17) is 17.0 Å². The molecule has 2 aromatic carbocycles. The van der Waals surface area contributed by atoms with Gasteiger partial charge in [-0.2, -0.15) is 0 Å². The molecule has 1 fully saturated rings. The van der Waals surface area contributed by atoms with Crippen molar-refractivity contribution in [2.75, 3.05) is 12.0 Å². The summed E-state index contributed by atoms with van der Waals surface area (Å²) in [5, 5.41) is 3.88. The third-order valence-electron chi connectivity index (χ3n) is 6.33. The predicted octanol–water partition coefficient (Wildman–Crippen LogP) is 5.81. The molecule has 7 heteroatoms. The number of pyridine rings is 1. The van der Waals surface area contributed by atoms with Crippen molar-refractivity contribution in [1.82, 2.24) is 14.9 Å². The van der Waals surface area contributed by atoms with E-state index in [0.717, 1.165) is 34.1 Å². The van der Waals surface area contributed by atoms with Crippen molar-refractivity contribution in [3.05, 3.63) is 107 Å². The molecule has 5 nitrogen and oxygen atoms in total. The molecule has 0 bridgehead atoms. The summed E-state index contributed by atoms with van der Waals surface area (Å²) >= 11 is 5.74. The zero-order valence-corrected chi connectivity index (χ0v) is 20.0. The molecule has 0 saturated carbocycles. The van der Waals surface area contributed by atoms with Crippen molar-refractivity contribution in [1.29, 1.82) is 0 Å². The van der Waals surface area contributed by atoms with Gasteiger partial charge in [0.05, 0.1) is 30.6 Å². The van der Waals surface area contributed by atoms with Crippen LogP contribution in [0.5, 0.6) is 5.75 Å². The number of para-hydroxylation sites is 1. The summed E-state index contributed by atoms with van der Waals surface area (Å²) in [5.41, 5.74) is 5.51. The Labute approximate surface area is 203 Å². The van der Waals surface area contributed by atoms with Gasteiger partial charge in [-0.25, -0.2) is 4.39 Å². The van der Waals surface area contributed by atoms with Crippen LogP contribution in [0.3, 0.4) is 0 Å². The highest BCUT2D eigenvalue weighted by molar-refractivity contribution is 7.80. The third kappa shape index (κ3) is 3.72. The summed E-state index contributed by atoms with van der Waals surface area (Å²) in [6.07, 6.45) is 1.77. The number of hydrogen-bond donors (Lipinski definition) is 1. The van der Waals surface area contributed by atoms with Gasteiger partial charge in [-0.15, -0.1) is 0 Å². The molecule has 0 aliphatic carbocycles. The smallest absolute Gasteiger partial charge is 0.174 e. The van der Waals surface area contributed by atoms with Gasteiger partial charge >= 0.3 is 0 Å².